The van der Waals surface area contributed by atoms with E-state index in [1.165, 1.54) is 26.4 Å². The van der Waals surface area contributed by atoms with Crippen molar-refractivity contribution in [1.29, 1.82) is 0 Å². The van der Waals surface area contributed by atoms with Crippen LogP contribution in [0.1, 0.15) is 40.4 Å². The third-order valence-corrected chi connectivity index (χ3v) is 7.41. The van der Waals surface area contributed by atoms with Gasteiger partial charge in [0.15, 0.2) is 0 Å². The van der Waals surface area contributed by atoms with E-state index in [0.717, 1.165) is 0 Å². The van der Waals surface area contributed by atoms with Gasteiger partial charge < -0.3 is 24.8 Å². The summed E-state index contributed by atoms with van der Waals surface area (Å²) < 4.78 is 32.3. The molecule has 3 aromatic heterocycles. The normalized spacial score (nSPS) is 17.7. The minimum atomic E-state index is -0.628. The molecule has 230 valence electrons. The number of nitrogens with one attached hydrogen (secondary N) is 3. The van der Waals surface area contributed by atoms with Crippen molar-refractivity contribution in [2.75, 3.05) is 33.2 Å². The van der Waals surface area contributed by atoms with Gasteiger partial charge in [-0.15, -0.1) is 0 Å². The van der Waals surface area contributed by atoms with Crippen molar-refractivity contribution in [1.82, 2.24) is 30.4 Å². The fourth-order valence-corrected chi connectivity index (χ4v) is 5.27. The van der Waals surface area contributed by atoms with E-state index >= 15 is 0 Å². The summed E-state index contributed by atoms with van der Waals surface area (Å²) >= 11 is 0. The third kappa shape index (κ3) is 6.53. The first-order chi connectivity index (χ1) is 21.3. The molecule has 3 atom stereocenters. The van der Waals surface area contributed by atoms with E-state index in [2.05, 4.69) is 25.9 Å². The number of methoxy groups -OCH3 is 2. The van der Waals surface area contributed by atoms with E-state index in [4.69, 9.17) is 19.3 Å². The van der Waals surface area contributed by atoms with E-state index in [1.54, 1.807) is 30.1 Å². The average Bonchev–Trinajstić information content (AvgIpc) is 3.59. The molecule has 4 heterocycles. The number of ether oxygens (including phenoxy) is 3. The Hall–Kier alpha value is -4.88. The maximum atomic E-state index is 14.0. The van der Waals surface area contributed by atoms with Crippen LogP contribution in [0.25, 0.3) is 16.9 Å². The zero-order chi connectivity index (χ0) is 31.2. The number of nitrogens with zero attached hydrogens (tertiary/aromatic N) is 4. The molecule has 5 rings (SSSR count). The van der Waals surface area contributed by atoms with Crippen molar-refractivity contribution < 1.29 is 28.2 Å². The molecule has 1 saturated heterocycles. The van der Waals surface area contributed by atoms with E-state index in [9.17, 15) is 14.0 Å². The Kier molecular flexibility index (Phi) is 9.46. The molecule has 0 saturated carbocycles. The molecule has 3 N–H and O–H groups in total. The molecule has 44 heavy (non-hydrogen) atoms. The van der Waals surface area contributed by atoms with E-state index in [-0.39, 0.29) is 23.5 Å². The van der Waals surface area contributed by atoms with Gasteiger partial charge in [-0.1, -0.05) is 18.2 Å². The Bertz CT molecular complexity index is 1630. The van der Waals surface area contributed by atoms with Crippen LogP contribution < -0.4 is 20.7 Å². The molecule has 0 radical (unpaired) electrons. The van der Waals surface area contributed by atoms with Crippen molar-refractivity contribution >= 4 is 17.8 Å². The van der Waals surface area contributed by atoms with Crippen molar-refractivity contribution in [2.24, 2.45) is 0 Å². The lowest BCUT2D eigenvalue weighted by Crippen LogP contribution is -2.40. The number of para-hydroxylation sites is 1. The highest BCUT2D eigenvalue weighted by atomic mass is 19.1. The molecule has 3 amide bonds. The highest BCUT2D eigenvalue weighted by Gasteiger charge is 2.37. The Balaban J connectivity index is 1.46. The number of carbonyl (C=O) groups is 2. The summed E-state index contributed by atoms with van der Waals surface area (Å²) in [4.78, 5) is 34.1. The van der Waals surface area contributed by atoms with Crippen LogP contribution in [0.5, 0.6) is 5.88 Å². The number of hydrogen-bond donors (Lipinski definition) is 3. The Morgan fingerprint density at radius 3 is 2.64 bits per heavy atom. The zero-order valence-corrected chi connectivity index (χ0v) is 24.8. The smallest absolute Gasteiger partial charge is 0.320 e. The molecular formula is C31H34FN7O5. The highest BCUT2D eigenvalue weighted by Crippen LogP contribution is 2.36. The predicted molar refractivity (Wildman–Crippen MR) is 160 cm³/mol. The summed E-state index contributed by atoms with van der Waals surface area (Å²) in [5, 5.41) is 13.4. The number of anilines is 1. The monoisotopic (exact) mass is 603 g/mol. The molecule has 0 spiro atoms. The van der Waals surface area contributed by atoms with Gasteiger partial charge in [0.25, 0.3) is 5.91 Å². The van der Waals surface area contributed by atoms with Crippen LogP contribution in [0, 0.1) is 12.9 Å². The largest absolute Gasteiger partial charge is 0.480 e. The lowest BCUT2D eigenvalue weighted by Gasteiger charge is -2.21. The van der Waals surface area contributed by atoms with E-state index in [1.807, 2.05) is 37.3 Å². The zero-order valence-electron chi connectivity index (χ0n) is 24.8. The van der Waals surface area contributed by atoms with Crippen LogP contribution in [0.15, 0.2) is 60.9 Å². The summed E-state index contributed by atoms with van der Waals surface area (Å²) in [7, 11) is 4.58. The second kappa shape index (κ2) is 13.6. The molecule has 4 aromatic rings. The van der Waals surface area contributed by atoms with Crippen LogP contribution >= 0.6 is 0 Å². The molecule has 13 heteroatoms. The quantitative estimate of drug-likeness (QED) is 0.229. The van der Waals surface area contributed by atoms with Gasteiger partial charge in [-0.2, -0.15) is 9.49 Å². The maximum absolute atomic E-state index is 14.0. The Morgan fingerprint density at radius 1 is 1.14 bits per heavy atom. The second-order valence-corrected chi connectivity index (χ2v) is 10.2. The first-order valence-corrected chi connectivity index (χ1v) is 14.1. The topological polar surface area (TPSA) is 142 Å². The van der Waals surface area contributed by atoms with Gasteiger partial charge >= 0.3 is 6.03 Å². The highest BCUT2D eigenvalue weighted by molar-refractivity contribution is 5.97. The molecule has 1 aliphatic rings. The summed E-state index contributed by atoms with van der Waals surface area (Å²) in [6, 6.07) is 13.0. The van der Waals surface area contributed by atoms with Gasteiger partial charge in [0.1, 0.15) is 17.5 Å². The Labute approximate surface area is 254 Å². The van der Waals surface area contributed by atoms with Gasteiger partial charge in [-0.3, -0.25) is 10.1 Å². The number of halogens is 1. The second-order valence-electron chi connectivity index (χ2n) is 10.2. The van der Waals surface area contributed by atoms with Crippen LogP contribution in [0.2, 0.25) is 0 Å². The van der Waals surface area contributed by atoms with Gasteiger partial charge in [0, 0.05) is 44.3 Å². The third-order valence-electron chi connectivity index (χ3n) is 7.41. The lowest BCUT2D eigenvalue weighted by molar-refractivity contribution is 0.0210. The van der Waals surface area contributed by atoms with Crippen LogP contribution in [-0.4, -0.2) is 71.7 Å². The Morgan fingerprint density at radius 2 is 1.93 bits per heavy atom. The van der Waals surface area contributed by atoms with Gasteiger partial charge in [0.2, 0.25) is 11.8 Å². The number of aromatic nitrogens is 4. The van der Waals surface area contributed by atoms with Crippen molar-refractivity contribution in [3.8, 4) is 22.8 Å². The molecule has 0 aliphatic carbocycles. The number of carbonyl (C=O) groups excluding carboxylic acids is 2. The number of urea groups is 1. The first-order valence-electron chi connectivity index (χ1n) is 14.1. The van der Waals surface area contributed by atoms with Crippen LogP contribution in [0.4, 0.5) is 15.0 Å². The molecule has 1 fully saturated rings. The van der Waals surface area contributed by atoms with Crippen LogP contribution in [0.3, 0.4) is 0 Å². The van der Waals surface area contributed by atoms with Gasteiger partial charge in [0.05, 0.1) is 30.6 Å². The average molecular weight is 604 g/mol. The number of benzene rings is 1. The minimum Gasteiger partial charge on any atom is -0.480 e. The van der Waals surface area contributed by atoms with Gasteiger partial charge in [-0.25, -0.2) is 19.4 Å². The van der Waals surface area contributed by atoms with Crippen molar-refractivity contribution in [3.05, 3.63) is 83.6 Å². The summed E-state index contributed by atoms with van der Waals surface area (Å²) in [5.41, 5.74) is 3.25. The minimum absolute atomic E-state index is 0.178. The van der Waals surface area contributed by atoms with Crippen molar-refractivity contribution in [2.45, 2.75) is 38.0 Å². The number of amides is 3. The van der Waals surface area contributed by atoms with Crippen molar-refractivity contribution in [3.63, 3.8) is 0 Å². The molecule has 0 bridgehead atoms. The number of hydrogen-bond acceptors (Lipinski definition) is 8. The molecule has 1 aromatic carbocycles. The fourth-order valence-electron chi connectivity index (χ4n) is 5.27. The fraction of sp³-hybridized carbons (Fsp3) is 0.323. The predicted octanol–water partition coefficient (Wildman–Crippen LogP) is 4.20. The molecule has 3 unspecified atom stereocenters. The van der Waals surface area contributed by atoms with E-state index in [0.29, 0.717) is 53.3 Å². The maximum Gasteiger partial charge on any atom is 0.320 e. The summed E-state index contributed by atoms with van der Waals surface area (Å²) in [5.74, 6) is -0.392. The number of rotatable bonds is 10. The van der Waals surface area contributed by atoms with Gasteiger partial charge in [-0.05, 0) is 55.7 Å². The summed E-state index contributed by atoms with van der Waals surface area (Å²) in [6.45, 7) is 2.31. The standard InChI is InChI=1S/C31H34FN7O5/c1-18-26(20-14-23(29(40)33-2)30(43-4)35-17-20)38-39(21-8-6-5-7-9-21)28(18)37-31(41)36-24-16-22(11-13-42-3)44-27(24)19-10-12-34-25(32)15-19/h5-10,12,14-15,17,22,24,27H,11,13,16H2,1-4H3,(H,33,40)(H2,36,37,41). The molecule has 12 nitrogen and oxygen atoms in total. The first kappa shape index (κ1) is 30.6. The lowest BCUT2D eigenvalue weighted by atomic mass is 10.0. The van der Waals surface area contributed by atoms with E-state index < -0.39 is 24.1 Å². The molecular weight excluding hydrogens is 569 g/mol. The SMILES string of the molecule is CNC(=O)c1cc(-c2nn(-c3ccccc3)c(NC(=O)NC3CC(CCOC)OC3c3ccnc(F)c3)c2C)cnc1OC. The molecule has 1 aliphatic heterocycles. The summed E-state index contributed by atoms with van der Waals surface area (Å²) in [6.07, 6.45) is 3.30. The number of pyridine rings is 2. The van der Waals surface area contributed by atoms with Crippen LogP contribution in [-0.2, 0) is 9.47 Å².